The number of hydrogen-bond donors (Lipinski definition) is 1. The van der Waals surface area contributed by atoms with Crippen LogP contribution in [0.3, 0.4) is 0 Å². The van der Waals surface area contributed by atoms with Crippen LogP contribution in [0.15, 0.2) is 12.7 Å². The van der Waals surface area contributed by atoms with Crippen molar-refractivity contribution >= 4 is 5.97 Å². The van der Waals surface area contributed by atoms with E-state index in [2.05, 4.69) is 25.2 Å². The largest absolute Gasteiger partial charge is 0.460 e. The standard InChI is InChI=1S/C9H16O5.C8H18O/c1-2-9(11)14-8-7-13-6-5-12-4-3-10;1-3-5-7-9-8-6-4-2/h2,10H,1,3-8H2;3-8H2,1-2H3. The lowest BCUT2D eigenvalue weighted by Crippen LogP contribution is -2.12. The summed E-state index contributed by atoms with van der Waals surface area (Å²) in [6.07, 6.45) is 6.01. The van der Waals surface area contributed by atoms with Gasteiger partial charge in [0, 0.05) is 19.3 Å². The molecule has 0 aliphatic heterocycles. The first kappa shape index (κ1) is 24.3. The highest BCUT2D eigenvalue weighted by Gasteiger charge is 1.94. The van der Waals surface area contributed by atoms with Gasteiger partial charge in [0.05, 0.1) is 33.0 Å². The molecule has 0 aromatic heterocycles. The van der Waals surface area contributed by atoms with Crippen molar-refractivity contribution in [2.45, 2.75) is 39.5 Å². The Bertz CT molecular complexity index is 239. The molecule has 0 aromatic carbocycles. The van der Waals surface area contributed by atoms with Crippen molar-refractivity contribution in [3.63, 3.8) is 0 Å². The molecule has 138 valence electrons. The summed E-state index contributed by atoms with van der Waals surface area (Å²) in [5.41, 5.74) is 0. The normalized spacial score (nSPS) is 9.87. The van der Waals surface area contributed by atoms with Crippen LogP contribution < -0.4 is 0 Å². The predicted molar refractivity (Wildman–Crippen MR) is 90.5 cm³/mol. The summed E-state index contributed by atoms with van der Waals surface area (Å²) in [5.74, 6) is -0.454. The highest BCUT2D eigenvalue weighted by Crippen LogP contribution is 1.91. The second kappa shape index (κ2) is 23.3. The molecule has 0 saturated carbocycles. The van der Waals surface area contributed by atoms with Crippen molar-refractivity contribution in [2.24, 2.45) is 0 Å². The van der Waals surface area contributed by atoms with E-state index < -0.39 is 5.97 Å². The highest BCUT2D eigenvalue weighted by molar-refractivity contribution is 5.81. The van der Waals surface area contributed by atoms with Gasteiger partial charge in [-0.25, -0.2) is 4.79 Å². The molecular formula is C17H34O6. The number of esters is 1. The predicted octanol–water partition coefficient (Wildman–Crippen LogP) is 2.34. The van der Waals surface area contributed by atoms with Gasteiger partial charge in [-0.1, -0.05) is 33.3 Å². The third kappa shape index (κ3) is 26.3. The molecule has 0 aromatic rings. The van der Waals surface area contributed by atoms with Gasteiger partial charge in [-0.2, -0.15) is 0 Å². The Balaban J connectivity index is 0. The maximum atomic E-state index is 10.5. The number of aliphatic hydroxyl groups is 1. The fourth-order valence-electron chi connectivity index (χ4n) is 1.24. The van der Waals surface area contributed by atoms with Gasteiger partial charge in [0.25, 0.3) is 0 Å². The van der Waals surface area contributed by atoms with E-state index in [9.17, 15) is 4.79 Å². The fourth-order valence-corrected chi connectivity index (χ4v) is 1.24. The number of carbonyl (C=O) groups is 1. The number of carbonyl (C=O) groups excluding carboxylic acids is 1. The number of hydrogen-bond acceptors (Lipinski definition) is 6. The second-order valence-electron chi connectivity index (χ2n) is 4.64. The Morgan fingerprint density at radius 2 is 1.35 bits per heavy atom. The molecule has 0 aliphatic carbocycles. The maximum absolute atomic E-state index is 10.5. The first-order chi connectivity index (χ1) is 11.2. The molecule has 0 fully saturated rings. The number of ether oxygens (including phenoxy) is 4. The Labute approximate surface area is 140 Å². The van der Waals surface area contributed by atoms with E-state index in [-0.39, 0.29) is 13.2 Å². The molecule has 0 amide bonds. The quantitative estimate of drug-likeness (QED) is 0.281. The lowest BCUT2D eigenvalue weighted by molar-refractivity contribution is -0.139. The minimum atomic E-state index is -0.454. The van der Waals surface area contributed by atoms with Crippen molar-refractivity contribution in [3.05, 3.63) is 12.7 Å². The summed E-state index contributed by atoms with van der Waals surface area (Å²) in [7, 11) is 0. The van der Waals surface area contributed by atoms with E-state index in [0.717, 1.165) is 19.3 Å². The molecule has 0 heterocycles. The molecule has 1 N–H and O–H groups in total. The van der Waals surface area contributed by atoms with Gasteiger partial charge in [-0.05, 0) is 12.8 Å². The summed E-state index contributed by atoms with van der Waals surface area (Å²) < 4.78 is 20.0. The van der Waals surface area contributed by atoms with E-state index in [1.807, 2.05) is 0 Å². The molecule has 0 atom stereocenters. The van der Waals surface area contributed by atoms with Crippen LogP contribution in [-0.4, -0.2) is 63.9 Å². The summed E-state index contributed by atoms with van der Waals surface area (Å²) >= 11 is 0. The minimum Gasteiger partial charge on any atom is -0.460 e. The van der Waals surface area contributed by atoms with E-state index in [0.29, 0.717) is 26.4 Å². The van der Waals surface area contributed by atoms with Crippen LogP contribution >= 0.6 is 0 Å². The average Bonchev–Trinajstić information content (AvgIpc) is 2.57. The van der Waals surface area contributed by atoms with E-state index >= 15 is 0 Å². The number of aliphatic hydroxyl groups excluding tert-OH is 1. The summed E-state index contributed by atoms with van der Waals surface area (Å²) in [4.78, 5) is 10.5. The maximum Gasteiger partial charge on any atom is 0.330 e. The molecule has 0 aliphatic rings. The van der Waals surface area contributed by atoms with Gasteiger partial charge in [0.1, 0.15) is 6.61 Å². The smallest absolute Gasteiger partial charge is 0.330 e. The van der Waals surface area contributed by atoms with Crippen molar-refractivity contribution in [2.75, 3.05) is 52.9 Å². The molecular weight excluding hydrogens is 300 g/mol. The Morgan fingerprint density at radius 3 is 1.83 bits per heavy atom. The van der Waals surface area contributed by atoms with Crippen LogP contribution in [0.2, 0.25) is 0 Å². The van der Waals surface area contributed by atoms with Crippen LogP contribution in [0, 0.1) is 0 Å². The topological polar surface area (TPSA) is 74.2 Å². The molecule has 0 radical (unpaired) electrons. The summed E-state index contributed by atoms with van der Waals surface area (Å²) in [6.45, 7) is 11.3. The lowest BCUT2D eigenvalue weighted by atomic mass is 10.3. The zero-order valence-electron chi connectivity index (χ0n) is 14.8. The molecule has 0 spiro atoms. The van der Waals surface area contributed by atoms with E-state index in [4.69, 9.17) is 19.3 Å². The van der Waals surface area contributed by atoms with Gasteiger partial charge >= 0.3 is 5.97 Å². The number of rotatable bonds is 15. The SMILES string of the molecule is C=CC(=O)OCCOCCOCCO.CCCCOCCCC. The van der Waals surface area contributed by atoms with Crippen molar-refractivity contribution in [1.29, 1.82) is 0 Å². The van der Waals surface area contributed by atoms with E-state index in [1.165, 1.54) is 25.7 Å². The lowest BCUT2D eigenvalue weighted by Gasteiger charge is -2.04. The van der Waals surface area contributed by atoms with Gasteiger partial charge in [0.2, 0.25) is 0 Å². The summed E-state index contributed by atoms with van der Waals surface area (Å²) in [5, 5.41) is 8.36. The Kier molecular flexibility index (Phi) is 24.6. The Hall–Kier alpha value is -0.950. The van der Waals surface area contributed by atoms with Gasteiger partial charge < -0.3 is 24.1 Å². The molecule has 0 rings (SSSR count). The molecule has 6 nitrogen and oxygen atoms in total. The van der Waals surface area contributed by atoms with Gasteiger partial charge in [-0.3, -0.25) is 0 Å². The Morgan fingerprint density at radius 1 is 0.870 bits per heavy atom. The summed E-state index contributed by atoms with van der Waals surface area (Å²) in [6, 6.07) is 0. The van der Waals surface area contributed by atoms with Gasteiger partial charge in [-0.15, -0.1) is 0 Å². The van der Waals surface area contributed by atoms with Crippen LogP contribution in [0.4, 0.5) is 0 Å². The van der Waals surface area contributed by atoms with E-state index in [1.54, 1.807) is 0 Å². The first-order valence-electron chi connectivity index (χ1n) is 8.36. The third-order valence-electron chi connectivity index (χ3n) is 2.53. The molecule has 23 heavy (non-hydrogen) atoms. The molecule has 0 bridgehead atoms. The zero-order valence-corrected chi connectivity index (χ0v) is 14.8. The molecule has 0 unspecified atom stereocenters. The monoisotopic (exact) mass is 334 g/mol. The van der Waals surface area contributed by atoms with Gasteiger partial charge in [0.15, 0.2) is 0 Å². The number of unbranched alkanes of at least 4 members (excludes halogenated alkanes) is 2. The van der Waals surface area contributed by atoms with Crippen LogP contribution in [0.5, 0.6) is 0 Å². The third-order valence-corrected chi connectivity index (χ3v) is 2.53. The van der Waals surface area contributed by atoms with Crippen LogP contribution in [0.25, 0.3) is 0 Å². The fraction of sp³-hybridized carbons (Fsp3) is 0.824. The first-order valence-corrected chi connectivity index (χ1v) is 8.36. The molecule has 0 saturated heterocycles. The highest BCUT2D eigenvalue weighted by atomic mass is 16.6. The van der Waals surface area contributed by atoms with Crippen molar-refractivity contribution in [3.8, 4) is 0 Å². The second-order valence-corrected chi connectivity index (χ2v) is 4.64. The van der Waals surface area contributed by atoms with Crippen molar-refractivity contribution < 1.29 is 28.8 Å². The average molecular weight is 334 g/mol. The van der Waals surface area contributed by atoms with Crippen LogP contribution in [0.1, 0.15) is 39.5 Å². The van der Waals surface area contributed by atoms with Crippen LogP contribution in [-0.2, 0) is 23.7 Å². The molecule has 6 heteroatoms. The van der Waals surface area contributed by atoms with Crippen molar-refractivity contribution in [1.82, 2.24) is 0 Å². The zero-order chi connectivity index (χ0) is 17.6. The minimum absolute atomic E-state index is 0.0109.